The van der Waals surface area contributed by atoms with Gasteiger partial charge >= 0.3 is 36.6 Å². The molecule has 0 aliphatic carbocycles. The third-order valence-corrected chi connectivity index (χ3v) is 7.57. The Hall–Kier alpha value is -6.62. The van der Waals surface area contributed by atoms with E-state index in [-0.39, 0.29) is 23.5 Å². The van der Waals surface area contributed by atoms with Gasteiger partial charge in [-0.3, -0.25) is 33.6 Å². The van der Waals surface area contributed by atoms with E-state index in [0.717, 1.165) is 48.5 Å². The van der Waals surface area contributed by atoms with Crippen molar-refractivity contribution in [3.63, 3.8) is 0 Å². The monoisotopic (exact) mass is 864 g/mol. The topological polar surface area (TPSA) is 240 Å². The van der Waals surface area contributed by atoms with E-state index in [1.165, 1.54) is 0 Å². The molecule has 1 aliphatic heterocycles. The maximum Gasteiger partial charge on any atom is 0.573 e. The number of nitrogens with one attached hydrogen (secondary N) is 4. The Labute approximate surface area is 335 Å². The van der Waals surface area contributed by atoms with E-state index in [9.17, 15) is 64.7 Å². The number of esters is 4. The number of hydrogen-bond acceptors (Lipinski definition) is 14. The predicted molar refractivity (Wildman–Crippen MR) is 186 cm³/mol. The van der Waals surface area contributed by atoms with Crippen LogP contribution in [0.5, 0.6) is 11.5 Å². The normalized spacial score (nSPS) is 20.2. The van der Waals surface area contributed by atoms with Crippen LogP contribution in [-0.2, 0) is 70.1 Å². The maximum absolute atomic E-state index is 13.4. The Morgan fingerprint density at radius 3 is 1.45 bits per heavy atom. The van der Waals surface area contributed by atoms with Crippen LogP contribution < -0.4 is 30.7 Å². The standard InChI is InChI=1S/C36H38F6N4O14/c1-19(2)11-24-34(54)58-26(13-21-5-9-23(10-6-21)60-36(40,41)42)33(53)45-14-29(49)55-17-27(47)43-16-31(51)57-25(32(52)44-15-30(50)56-18-28(48)46-24)12-20-3-7-22(8-4-20)59-35(37,38)39/h3-10,19,24-26H,11-18H2,1-2H3,(H,43,47)(H,44,52)(H,45,53)(H,46,48). The fourth-order valence-corrected chi connectivity index (χ4v) is 4.96. The summed E-state index contributed by atoms with van der Waals surface area (Å²) >= 11 is 0. The van der Waals surface area contributed by atoms with Gasteiger partial charge in [-0.25, -0.2) is 4.79 Å². The van der Waals surface area contributed by atoms with E-state index >= 15 is 0 Å². The van der Waals surface area contributed by atoms with Gasteiger partial charge in [0.15, 0.2) is 25.4 Å². The first-order valence-corrected chi connectivity index (χ1v) is 17.6. The average Bonchev–Trinajstić information content (AvgIpc) is 3.15. The number of hydrogen-bond donors (Lipinski definition) is 4. The predicted octanol–water partition coefficient (Wildman–Crippen LogP) is 1.07. The van der Waals surface area contributed by atoms with Crippen LogP contribution in [0, 0.1) is 5.92 Å². The molecule has 0 spiro atoms. The van der Waals surface area contributed by atoms with E-state index in [4.69, 9.17) is 18.9 Å². The zero-order valence-corrected chi connectivity index (χ0v) is 31.6. The fourth-order valence-electron chi connectivity index (χ4n) is 4.96. The molecule has 0 bridgehead atoms. The molecule has 18 nitrogen and oxygen atoms in total. The Morgan fingerprint density at radius 2 is 1.02 bits per heavy atom. The summed E-state index contributed by atoms with van der Waals surface area (Å²) in [6, 6.07) is 6.77. The third kappa shape index (κ3) is 18.3. The van der Waals surface area contributed by atoms with Crippen LogP contribution in [0.1, 0.15) is 31.4 Å². The molecule has 4 N–H and O–H groups in total. The molecule has 1 aliphatic rings. The maximum atomic E-state index is 13.4. The molecule has 1 heterocycles. The molecule has 1 fully saturated rings. The van der Waals surface area contributed by atoms with Gasteiger partial charge < -0.3 is 49.7 Å². The molecule has 3 rings (SSSR count). The molecule has 328 valence electrons. The highest BCUT2D eigenvalue weighted by atomic mass is 19.4. The van der Waals surface area contributed by atoms with Crippen LogP contribution in [0.15, 0.2) is 48.5 Å². The van der Waals surface area contributed by atoms with Crippen molar-refractivity contribution in [3.05, 3.63) is 59.7 Å². The van der Waals surface area contributed by atoms with Crippen molar-refractivity contribution >= 4 is 47.5 Å². The summed E-state index contributed by atoms with van der Waals surface area (Å²) < 4.78 is 103. The number of halogens is 6. The molecule has 2 aromatic rings. The van der Waals surface area contributed by atoms with Crippen molar-refractivity contribution in [2.75, 3.05) is 32.8 Å². The lowest BCUT2D eigenvalue weighted by Gasteiger charge is -2.23. The van der Waals surface area contributed by atoms with Gasteiger partial charge in [0.05, 0.1) is 0 Å². The van der Waals surface area contributed by atoms with Crippen molar-refractivity contribution in [1.29, 1.82) is 0 Å². The minimum atomic E-state index is -5.00. The molecule has 2 aromatic carbocycles. The molecule has 0 aromatic heterocycles. The summed E-state index contributed by atoms with van der Waals surface area (Å²) in [7, 11) is 0. The Kier molecular flexibility index (Phi) is 17.5. The van der Waals surface area contributed by atoms with Gasteiger partial charge in [0.25, 0.3) is 23.6 Å². The minimum absolute atomic E-state index is 0.0844. The number of ether oxygens (including phenoxy) is 6. The summed E-state index contributed by atoms with van der Waals surface area (Å²) in [5.41, 5.74) is 0.314. The lowest BCUT2D eigenvalue weighted by molar-refractivity contribution is -0.275. The van der Waals surface area contributed by atoms with Gasteiger partial charge in [-0.15, -0.1) is 26.3 Å². The van der Waals surface area contributed by atoms with Gasteiger partial charge in [0.2, 0.25) is 0 Å². The fraction of sp³-hybridized carbons (Fsp3) is 0.444. The van der Waals surface area contributed by atoms with Crippen molar-refractivity contribution in [3.8, 4) is 11.5 Å². The van der Waals surface area contributed by atoms with Gasteiger partial charge in [-0.1, -0.05) is 38.1 Å². The van der Waals surface area contributed by atoms with E-state index in [1.807, 2.05) is 0 Å². The highest BCUT2D eigenvalue weighted by Gasteiger charge is 2.34. The number of amides is 4. The number of carbonyl (C=O) groups is 8. The summed E-state index contributed by atoms with van der Waals surface area (Å²) in [4.78, 5) is 102. The molecule has 1 saturated heterocycles. The first-order chi connectivity index (χ1) is 28.0. The Morgan fingerprint density at radius 1 is 0.600 bits per heavy atom. The number of carbonyl (C=O) groups excluding carboxylic acids is 8. The molecule has 0 radical (unpaired) electrons. The highest BCUT2D eigenvalue weighted by molar-refractivity contribution is 5.91. The lowest BCUT2D eigenvalue weighted by Crippen LogP contribution is -2.48. The zero-order valence-electron chi connectivity index (χ0n) is 31.6. The molecule has 60 heavy (non-hydrogen) atoms. The summed E-state index contributed by atoms with van der Waals surface area (Å²) in [5, 5.41) is 8.61. The van der Waals surface area contributed by atoms with Crippen LogP contribution >= 0.6 is 0 Å². The van der Waals surface area contributed by atoms with Gasteiger partial charge in [0, 0.05) is 12.8 Å². The van der Waals surface area contributed by atoms with Crippen molar-refractivity contribution in [2.45, 2.75) is 64.1 Å². The Bertz CT molecular complexity index is 1860. The number of alkyl halides is 6. The Balaban J connectivity index is 1.80. The molecular weight excluding hydrogens is 826 g/mol. The van der Waals surface area contributed by atoms with Crippen molar-refractivity contribution in [1.82, 2.24) is 21.3 Å². The zero-order chi connectivity index (χ0) is 44.6. The van der Waals surface area contributed by atoms with Gasteiger partial charge in [0.1, 0.15) is 37.2 Å². The molecule has 0 saturated carbocycles. The third-order valence-electron chi connectivity index (χ3n) is 7.57. The van der Waals surface area contributed by atoms with E-state index in [1.54, 1.807) is 13.8 Å². The van der Waals surface area contributed by atoms with Crippen LogP contribution in [0.2, 0.25) is 0 Å². The van der Waals surface area contributed by atoms with E-state index < -0.39 is 136 Å². The number of benzene rings is 2. The summed E-state index contributed by atoms with van der Waals surface area (Å²) in [6.45, 7) is -1.38. The first-order valence-electron chi connectivity index (χ1n) is 17.6. The largest absolute Gasteiger partial charge is 0.573 e. The van der Waals surface area contributed by atoms with E-state index in [2.05, 4.69) is 30.7 Å². The smallest absolute Gasteiger partial charge is 0.454 e. The van der Waals surface area contributed by atoms with Crippen LogP contribution in [0.25, 0.3) is 0 Å². The van der Waals surface area contributed by atoms with E-state index in [0.29, 0.717) is 0 Å². The molecule has 3 unspecified atom stereocenters. The summed E-state index contributed by atoms with van der Waals surface area (Å²) in [5.74, 6) is -10.6. The van der Waals surface area contributed by atoms with Gasteiger partial charge in [-0.05, 0) is 47.7 Å². The second-order valence-electron chi connectivity index (χ2n) is 13.0. The first kappa shape index (κ1) is 47.8. The van der Waals surface area contributed by atoms with Crippen molar-refractivity contribution < 1.29 is 93.1 Å². The molecular formula is C36H38F6N4O14. The molecule has 3 atom stereocenters. The average molecular weight is 865 g/mol. The van der Waals surface area contributed by atoms with Gasteiger partial charge in [-0.2, -0.15) is 0 Å². The molecule has 4 amide bonds. The van der Waals surface area contributed by atoms with Crippen LogP contribution in [0.4, 0.5) is 26.3 Å². The SMILES string of the molecule is CC(C)CC1NC(=O)COC(=O)CNC(=O)C(Cc2ccc(OC(F)(F)F)cc2)OC(=O)CNC(=O)COC(=O)CNC(=O)C(Cc2ccc(OC(F)(F)F)cc2)OC1=O. The highest BCUT2D eigenvalue weighted by Crippen LogP contribution is 2.25. The van der Waals surface area contributed by atoms with Crippen LogP contribution in [0.3, 0.4) is 0 Å². The minimum Gasteiger partial charge on any atom is -0.454 e. The quantitative estimate of drug-likeness (QED) is 0.165. The lowest BCUT2D eigenvalue weighted by atomic mass is 10.0. The second-order valence-corrected chi connectivity index (χ2v) is 13.0. The second kappa shape index (κ2) is 21.9. The van der Waals surface area contributed by atoms with Crippen molar-refractivity contribution in [2.24, 2.45) is 5.92 Å². The molecule has 24 heteroatoms. The number of cyclic esters (lactones) is 4. The number of rotatable bonds is 8. The summed E-state index contributed by atoms with van der Waals surface area (Å²) in [6.07, 6.45) is -14.5. The van der Waals surface area contributed by atoms with Crippen LogP contribution in [-0.4, -0.2) is 111 Å².